The molecule has 13 heavy (non-hydrogen) atoms. The number of alkyl halides is 1. The maximum Gasteiger partial charge on any atom is 0.0875 e. The highest BCUT2D eigenvalue weighted by atomic mass is 79.9. The average molecular weight is 243 g/mol. The van der Waals surface area contributed by atoms with Crippen LogP contribution in [0.1, 0.15) is 19.4 Å². The van der Waals surface area contributed by atoms with E-state index in [9.17, 15) is 0 Å². The van der Waals surface area contributed by atoms with Crippen LogP contribution in [-0.4, -0.2) is 11.9 Å². The highest BCUT2D eigenvalue weighted by Gasteiger charge is 2.19. The molecule has 0 aromatic heterocycles. The van der Waals surface area contributed by atoms with Crippen LogP contribution in [0.4, 0.5) is 0 Å². The van der Waals surface area contributed by atoms with Crippen molar-refractivity contribution < 1.29 is 4.74 Å². The van der Waals surface area contributed by atoms with Gasteiger partial charge in [0.2, 0.25) is 0 Å². The highest BCUT2D eigenvalue weighted by Crippen LogP contribution is 2.23. The van der Waals surface area contributed by atoms with Gasteiger partial charge in [-0.15, -0.1) is 0 Å². The van der Waals surface area contributed by atoms with Crippen molar-refractivity contribution in [2.45, 2.75) is 19.4 Å². The molecule has 0 fully saturated rings. The van der Waals surface area contributed by atoms with Crippen molar-refractivity contribution in [2.24, 2.45) is 0 Å². The Hall–Kier alpha value is -0.340. The van der Waals surface area contributed by atoms with Gasteiger partial charge < -0.3 is 4.74 Å². The van der Waals surface area contributed by atoms with Gasteiger partial charge in [0, 0.05) is 5.33 Å². The summed E-state index contributed by atoms with van der Waals surface area (Å²) in [5, 5.41) is 0.878. The SMILES string of the molecule is CC(C)(OCCBr)c1ccccc1. The summed E-state index contributed by atoms with van der Waals surface area (Å²) < 4.78 is 5.72. The largest absolute Gasteiger partial charge is 0.370 e. The van der Waals surface area contributed by atoms with Gasteiger partial charge in [-0.25, -0.2) is 0 Å². The Labute approximate surface area is 88.2 Å². The first-order chi connectivity index (χ1) is 6.17. The lowest BCUT2D eigenvalue weighted by Gasteiger charge is -2.25. The Balaban J connectivity index is 2.69. The van der Waals surface area contributed by atoms with Crippen molar-refractivity contribution in [2.75, 3.05) is 11.9 Å². The number of benzene rings is 1. The van der Waals surface area contributed by atoms with Crippen LogP contribution in [-0.2, 0) is 10.3 Å². The number of hydrogen-bond donors (Lipinski definition) is 0. The molecular formula is C11H15BrO. The third kappa shape index (κ3) is 3.12. The van der Waals surface area contributed by atoms with E-state index in [0.29, 0.717) is 0 Å². The average Bonchev–Trinajstić information content (AvgIpc) is 2.16. The summed E-state index contributed by atoms with van der Waals surface area (Å²) in [5.41, 5.74) is 1.03. The summed E-state index contributed by atoms with van der Waals surface area (Å²) in [6.45, 7) is 4.91. The first-order valence-electron chi connectivity index (χ1n) is 4.42. The lowest BCUT2D eigenvalue weighted by molar-refractivity contribution is -0.0120. The minimum Gasteiger partial charge on any atom is -0.370 e. The number of halogens is 1. The van der Waals surface area contributed by atoms with E-state index in [4.69, 9.17) is 4.74 Å². The van der Waals surface area contributed by atoms with Gasteiger partial charge in [-0.1, -0.05) is 46.3 Å². The lowest BCUT2D eigenvalue weighted by atomic mass is 9.98. The molecule has 0 atom stereocenters. The number of hydrogen-bond acceptors (Lipinski definition) is 1. The Kier molecular flexibility index (Phi) is 3.94. The molecule has 1 aromatic rings. The quantitative estimate of drug-likeness (QED) is 0.737. The van der Waals surface area contributed by atoms with Crippen molar-refractivity contribution in [1.29, 1.82) is 0 Å². The number of rotatable bonds is 4. The molecule has 0 saturated carbocycles. The van der Waals surface area contributed by atoms with E-state index in [1.807, 2.05) is 18.2 Å². The Morgan fingerprint density at radius 1 is 1.23 bits per heavy atom. The molecule has 0 bridgehead atoms. The summed E-state index contributed by atoms with van der Waals surface area (Å²) >= 11 is 3.35. The van der Waals surface area contributed by atoms with Gasteiger partial charge in [0.25, 0.3) is 0 Å². The summed E-state index contributed by atoms with van der Waals surface area (Å²) in [4.78, 5) is 0. The van der Waals surface area contributed by atoms with E-state index in [-0.39, 0.29) is 5.60 Å². The van der Waals surface area contributed by atoms with Crippen LogP contribution >= 0.6 is 15.9 Å². The first-order valence-corrected chi connectivity index (χ1v) is 5.54. The Morgan fingerprint density at radius 2 is 1.85 bits per heavy atom. The fourth-order valence-corrected chi connectivity index (χ4v) is 1.38. The van der Waals surface area contributed by atoms with Crippen molar-refractivity contribution in [1.82, 2.24) is 0 Å². The molecule has 72 valence electrons. The van der Waals surface area contributed by atoms with Gasteiger partial charge in [-0.05, 0) is 19.4 Å². The fraction of sp³-hybridized carbons (Fsp3) is 0.455. The Bertz CT molecular complexity index is 244. The predicted molar refractivity (Wildman–Crippen MR) is 59.2 cm³/mol. The summed E-state index contributed by atoms with van der Waals surface area (Å²) in [6.07, 6.45) is 0. The lowest BCUT2D eigenvalue weighted by Crippen LogP contribution is -2.22. The zero-order valence-electron chi connectivity index (χ0n) is 8.09. The normalized spacial score (nSPS) is 11.6. The van der Waals surface area contributed by atoms with Gasteiger partial charge >= 0.3 is 0 Å². The highest BCUT2D eigenvalue weighted by molar-refractivity contribution is 9.09. The van der Waals surface area contributed by atoms with Gasteiger partial charge in [0.15, 0.2) is 0 Å². The van der Waals surface area contributed by atoms with Crippen LogP contribution in [0.3, 0.4) is 0 Å². The van der Waals surface area contributed by atoms with Crippen molar-refractivity contribution in [3.05, 3.63) is 35.9 Å². The molecule has 0 saturated heterocycles. The molecular weight excluding hydrogens is 228 g/mol. The smallest absolute Gasteiger partial charge is 0.0875 e. The number of ether oxygens (including phenoxy) is 1. The van der Waals surface area contributed by atoms with Gasteiger partial charge in [-0.3, -0.25) is 0 Å². The predicted octanol–water partition coefficient (Wildman–Crippen LogP) is 3.33. The van der Waals surface area contributed by atoms with E-state index < -0.39 is 0 Å². The molecule has 0 heterocycles. The molecule has 0 amide bonds. The van der Waals surface area contributed by atoms with E-state index in [0.717, 1.165) is 11.9 Å². The van der Waals surface area contributed by atoms with E-state index in [2.05, 4.69) is 41.9 Å². The standard InChI is InChI=1S/C11H15BrO/c1-11(2,13-9-8-12)10-6-4-3-5-7-10/h3-7H,8-9H2,1-2H3. The zero-order valence-corrected chi connectivity index (χ0v) is 9.67. The van der Waals surface area contributed by atoms with E-state index in [1.54, 1.807) is 0 Å². The molecule has 0 aliphatic carbocycles. The fourth-order valence-electron chi connectivity index (χ4n) is 1.22. The topological polar surface area (TPSA) is 9.23 Å². The molecule has 0 spiro atoms. The summed E-state index contributed by atoms with van der Waals surface area (Å²) in [7, 11) is 0. The molecule has 1 nitrogen and oxygen atoms in total. The first kappa shape index (κ1) is 10.7. The van der Waals surface area contributed by atoms with E-state index in [1.165, 1.54) is 5.56 Å². The third-order valence-corrected chi connectivity index (χ3v) is 2.33. The van der Waals surface area contributed by atoms with Gasteiger partial charge in [0.1, 0.15) is 0 Å². The Morgan fingerprint density at radius 3 is 2.38 bits per heavy atom. The van der Waals surface area contributed by atoms with Crippen LogP contribution in [0.25, 0.3) is 0 Å². The maximum atomic E-state index is 5.72. The monoisotopic (exact) mass is 242 g/mol. The van der Waals surface area contributed by atoms with Crippen LogP contribution in [0.5, 0.6) is 0 Å². The van der Waals surface area contributed by atoms with Gasteiger partial charge in [-0.2, -0.15) is 0 Å². The second kappa shape index (κ2) is 4.77. The molecule has 0 unspecified atom stereocenters. The third-order valence-electron chi connectivity index (χ3n) is 2.01. The van der Waals surface area contributed by atoms with E-state index >= 15 is 0 Å². The minimum absolute atomic E-state index is 0.185. The van der Waals surface area contributed by atoms with Crippen LogP contribution in [0, 0.1) is 0 Å². The van der Waals surface area contributed by atoms with Crippen molar-refractivity contribution >= 4 is 15.9 Å². The van der Waals surface area contributed by atoms with Crippen molar-refractivity contribution in [3.63, 3.8) is 0 Å². The van der Waals surface area contributed by atoms with Crippen LogP contribution < -0.4 is 0 Å². The molecule has 1 aromatic carbocycles. The second-order valence-electron chi connectivity index (χ2n) is 3.41. The molecule has 0 radical (unpaired) electrons. The summed E-state index contributed by atoms with van der Waals surface area (Å²) in [5.74, 6) is 0. The molecule has 2 heteroatoms. The van der Waals surface area contributed by atoms with Crippen molar-refractivity contribution in [3.8, 4) is 0 Å². The summed E-state index contributed by atoms with van der Waals surface area (Å²) in [6, 6.07) is 10.3. The van der Waals surface area contributed by atoms with Gasteiger partial charge in [0.05, 0.1) is 12.2 Å². The molecule has 1 rings (SSSR count). The van der Waals surface area contributed by atoms with Crippen LogP contribution in [0.15, 0.2) is 30.3 Å². The molecule has 0 aliphatic rings. The molecule has 0 N–H and O–H groups in total. The maximum absolute atomic E-state index is 5.72. The van der Waals surface area contributed by atoms with Crippen LogP contribution in [0.2, 0.25) is 0 Å². The second-order valence-corrected chi connectivity index (χ2v) is 4.21. The zero-order chi connectivity index (χ0) is 9.73. The molecule has 0 aliphatic heterocycles. The minimum atomic E-state index is -0.185.